The number of hydrogen-bond acceptors (Lipinski definition) is 4. The van der Waals surface area contributed by atoms with Gasteiger partial charge in [-0.1, -0.05) is 30.3 Å². The first-order chi connectivity index (χ1) is 13.9. The summed E-state index contributed by atoms with van der Waals surface area (Å²) in [5, 5.41) is 9.36. The van der Waals surface area contributed by atoms with Gasteiger partial charge in [-0.15, -0.1) is 11.8 Å². The van der Waals surface area contributed by atoms with E-state index in [0.717, 1.165) is 50.2 Å². The molecule has 2 aromatic rings. The van der Waals surface area contributed by atoms with E-state index in [1.165, 1.54) is 0 Å². The van der Waals surface area contributed by atoms with Crippen molar-refractivity contribution in [2.45, 2.75) is 36.9 Å². The lowest BCUT2D eigenvalue weighted by Gasteiger charge is -2.26. The monoisotopic (exact) mass is 419 g/mol. The molecule has 0 atom stereocenters. The van der Waals surface area contributed by atoms with Gasteiger partial charge in [-0.05, 0) is 25.3 Å². The summed E-state index contributed by atoms with van der Waals surface area (Å²) in [5.41, 5.74) is -0.804. The van der Waals surface area contributed by atoms with Crippen molar-refractivity contribution in [1.82, 2.24) is 9.88 Å². The van der Waals surface area contributed by atoms with Gasteiger partial charge in [0.25, 0.3) is 0 Å². The van der Waals surface area contributed by atoms with Gasteiger partial charge in [-0.2, -0.15) is 18.4 Å². The van der Waals surface area contributed by atoms with E-state index in [1.807, 2.05) is 0 Å². The minimum absolute atomic E-state index is 0.00706. The fraction of sp³-hybridized carbons (Fsp3) is 0.381. The maximum absolute atomic E-state index is 13.6. The first-order valence-corrected chi connectivity index (χ1v) is 10.4. The smallest absolute Gasteiger partial charge is 0.343 e. The summed E-state index contributed by atoms with van der Waals surface area (Å²) in [6, 6.07) is 11.1. The van der Waals surface area contributed by atoms with E-state index in [4.69, 9.17) is 0 Å². The zero-order valence-corrected chi connectivity index (χ0v) is 16.5. The first-order valence-electron chi connectivity index (χ1n) is 9.38. The van der Waals surface area contributed by atoms with Crippen molar-refractivity contribution in [3.05, 3.63) is 47.5 Å². The van der Waals surface area contributed by atoms with Crippen molar-refractivity contribution in [3.63, 3.8) is 0 Å². The topological polar surface area (TPSA) is 57.0 Å². The summed E-state index contributed by atoms with van der Waals surface area (Å²) in [6.07, 6.45) is -1.40. The minimum Gasteiger partial charge on any atom is -0.343 e. The molecule has 152 valence electrons. The molecule has 29 heavy (non-hydrogen) atoms. The molecule has 1 aliphatic rings. The van der Waals surface area contributed by atoms with E-state index in [-0.39, 0.29) is 28.8 Å². The molecular weight excluding hydrogens is 399 g/mol. The number of carbonyl (C=O) groups is 1. The number of pyridine rings is 1. The van der Waals surface area contributed by atoms with Gasteiger partial charge in [0.15, 0.2) is 0 Å². The summed E-state index contributed by atoms with van der Waals surface area (Å²) in [7, 11) is 0. The number of piperidine rings is 1. The zero-order chi connectivity index (χ0) is 20.9. The van der Waals surface area contributed by atoms with Crippen LogP contribution in [-0.2, 0) is 11.0 Å². The van der Waals surface area contributed by atoms with Crippen LogP contribution in [0.15, 0.2) is 41.4 Å². The van der Waals surface area contributed by atoms with Gasteiger partial charge in [0.2, 0.25) is 5.91 Å². The summed E-state index contributed by atoms with van der Waals surface area (Å²) in [5.74, 6) is 0.262. The van der Waals surface area contributed by atoms with Gasteiger partial charge < -0.3 is 4.90 Å². The van der Waals surface area contributed by atoms with Crippen LogP contribution in [0.3, 0.4) is 0 Å². The molecule has 0 bridgehead atoms. The van der Waals surface area contributed by atoms with Crippen molar-refractivity contribution in [1.29, 1.82) is 5.26 Å². The Morgan fingerprint density at radius 2 is 1.86 bits per heavy atom. The third kappa shape index (κ3) is 5.30. The molecule has 1 saturated heterocycles. The number of nitrogens with zero attached hydrogens (tertiary/aromatic N) is 3. The van der Waals surface area contributed by atoms with Gasteiger partial charge in [0.05, 0.1) is 16.8 Å². The highest BCUT2D eigenvalue weighted by Gasteiger charge is 2.36. The molecule has 1 aromatic carbocycles. The molecule has 0 spiro atoms. The number of thioether (sulfide) groups is 1. The van der Waals surface area contributed by atoms with Gasteiger partial charge >= 0.3 is 6.18 Å². The summed E-state index contributed by atoms with van der Waals surface area (Å²) in [4.78, 5) is 18.4. The first kappa shape index (κ1) is 21.2. The summed E-state index contributed by atoms with van der Waals surface area (Å²) in [6.45, 7) is 1.46. The van der Waals surface area contributed by atoms with Crippen LogP contribution in [0.25, 0.3) is 11.3 Å². The zero-order valence-electron chi connectivity index (χ0n) is 15.7. The molecule has 0 N–H and O–H groups in total. The number of rotatable bonds is 5. The molecule has 8 heteroatoms. The van der Waals surface area contributed by atoms with Crippen LogP contribution < -0.4 is 0 Å². The standard InChI is InChI=1S/C21H20F3N3OS/c22-21(23,24)17-13-18(15-7-3-1-4-8-15)26-20(16(17)14-25)29-12-9-19(28)27-10-5-2-6-11-27/h1,3-4,7-8,13H,2,5-6,9-12H2. The minimum atomic E-state index is -4.67. The van der Waals surface area contributed by atoms with E-state index in [1.54, 1.807) is 41.3 Å². The van der Waals surface area contributed by atoms with Crippen LogP contribution >= 0.6 is 11.8 Å². The number of aromatic nitrogens is 1. The van der Waals surface area contributed by atoms with E-state index < -0.39 is 17.3 Å². The maximum atomic E-state index is 13.6. The van der Waals surface area contributed by atoms with Crippen molar-refractivity contribution < 1.29 is 18.0 Å². The van der Waals surface area contributed by atoms with Gasteiger partial charge in [0.1, 0.15) is 11.1 Å². The highest BCUT2D eigenvalue weighted by atomic mass is 32.2. The number of benzene rings is 1. The van der Waals surface area contributed by atoms with Crippen LogP contribution in [0.1, 0.15) is 36.8 Å². The Balaban J connectivity index is 1.84. The Labute approximate surface area is 171 Å². The molecule has 0 radical (unpaired) electrons. The van der Waals surface area contributed by atoms with Gasteiger partial charge in [-0.25, -0.2) is 4.98 Å². The molecule has 4 nitrogen and oxygen atoms in total. The van der Waals surface area contributed by atoms with Crippen LogP contribution in [0.4, 0.5) is 13.2 Å². The van der Waals surface area contributed by atoms with E-state index in [9.17, 15) is 23.2 Å². The molecule has 1 aliphatic heterocycles. The molecule has 1 aromatic heterocycles. The number of halogens is 3. The second-order valence-electron chi connectivity index (χ2n) is 6.75. The number of carbonyl (C=O) groups excluding carboxylic acids is 1. The highest BCUT2D eigenvalue weighted by Crippen LogP contribution is 2.38. The van der Waals surface area contributed by atoms with Gasteiger partial charge in [0, 0.05) is 30.8 Å². The van der Waals surface area contributed by atoms with Gasteiger partial charge in [-0.3, -0.25) is 4.79 Å². The molecular formula is C21H20F3N3OS. The molecule has 2 heterocycles. The molecule has 0 unspecified atom stereocenters. The average molecular weight is 419 g/mol. The highest BCUT2D eigenvalue weighted by molar-refractivity contribution is 7.99. The normalized spacial score (nSPS) is 14.5. The number of amides is 1. The largest absolute Gasteiger partial charge is 0.417 e. The fourth-order valence-electron chi connectivity index (χ4n) is 3.25. The van der Waals surface area contributed by atoms with Crippen LogP contribution in [-0.4, -0.2) is 34.6 Å². The maximum Gasteiger partial charge on any atom is 0.417 e. The lowest BCUT2D eigenvalue weighted by molar-refractivity contribution is -0.138. The number of nitriles is 1. The van der Waals surface area contributed by atoms with Crippen molar-refractivity contribution in [2.75, 3.05) is 18.8 Å². The van der Waals surface area contributed by atoms with Crippen molar-refractivity contribution in [3.8, 4) is 17.3 Å². The Kier molecular flexibility index (Phi) is 6.80. The Morgan fingerprint density at radius 3 is 2.48 bits per heavy atom. The molecule has 0 aliphatic carbocycles. The molecule has 1 amide bonds. The van der Waals surface area contributed by atoms with Crippen LogP contribution in [0.5, 0.6) is 0 Å². The third-order valence-corrected chi connectivity index (χ3v) is 5.71. The lowest BCUT2D eigenvalue weighted by atomic mass is 10.1. The predicted octanol–water partition coefficient (Wildman–Crippen LogP) is 5.13. The quantitative estimate of drug-likeness (QED) is 0.630. The summed E-state index contributed by atoms with van der Waals surface area (Å²) >= 11 is 1.02. The Morgan fingerprint density at radius 1 is 1.17 bits per heavy atom. The number of alkyl halides is 3. The van der Waals surface area contributed by atoms with Crippen LogP contribution in [0, 0.1) is 11.3 Å². The van der Waals surface area contributed by atoms with E-state index >= 15 is 0 Å². The third-order valence-electron chi connectivity index (χ3n) is 4.74. The second-order valence-corrected chi connectivity index (χ2v) is 7.83. The lowest BCUT2D eigenvalue weighted by Crippen LogP contribution is -2.35. The van der Waals surface area contributed by atoms with Crippen LogP contribution in [0.2, 0.25) is 0 Å². The van der Waals surface area contributed by atoms with Crippen molar-refractivity contribution >= 4 is 17.7 Å². The predicted molar refractivity (Wildman–Crippen MR) is 105 cm³/mol. The SMILES string of the molecule is N#Cc1c(C(F)(F)F)cc(-c2ccccc2)nc1SCCC(=O)N1CCCCC1. The number of hydrogen-bond donors (Lipinski definition) is 0. The molecule has 0 saturated carbocycles. The van der Waals surface area contributed by atoms with E-state index in [2.05, 4.69) is 4.98 Å². The fourth-order valence-corrected chi connectivity index (χ4v) is 4.18. The number of likely N-dealkylation sites (tertiary alicyclic amines) is 1. The van der Waals surface area contributed by atoms with Crippen molar-refractivity contribution in [2.24, 2.45) is 0 Å². The summed E-state index contributed by atoms with van der Waals surface area (Å²) < 4.78 is 40.7. The Hall–Kier alpha value is -2.53. The second kappa shape index (κ2) is 9.31. The average Bonchev–Trinajstić information content (AvgIpc) is 2.73. The molecule has 3 rings (SSSR count). The van der Waals surface area contributed by atoms with E-state index in [0.29, 0.717) is 5.56 Å². The molecule has 1 fully saturated rings. The Bertz CT molecular complexity index is 904.